The van der Waals surface area contributed by atoms with Gasteiger partial charge in [-0.05, 0) is 71.5 Å². The zero-order valence-electron chi connectivity index (χ0n) is 24.8. The Morgan fingerprint density at radius 2 is 1.73 bits per heavy atom. The predicted octanol–water partition coefficient (Wildman–Crippen LogP) is 6.16. The molecule has 8 nitrogen and oxygen atoms in total. The number of pyridine rings is 1. The summed E-state index contributed by atoms with van der Waals surface area (Å²) in [5, 5.41) is 9.12. The number of carbonyl (C=O) groups is 2. The molecule has 0 unspecified atom stereocenters. The molecule has 1 N–H and O–H groups in total. The maximum absolute atomic E-state index is 13.5. The van der Waals surface area contributed by atoms with Crippen molar-refractivity contribution in [1.82, 2.24) is 20.1 Å². The van der Waals surface area contributed by atoms with Crippen molar-refractivity contribution in [2.24, 2.45) is 7.05 Å². The van der Waals surface area contributed by atoms with Gasteiger partial charge in [-0.1, -0.05) is 42.5 Å². The van der Waals surface area contributed by atoms with Crippen LogP contribution in [0.4, 0.5) is 5.69 Å². The molecule has 2 aliphatic rings. The number of nitrogens with one attached hydrogen (secondary N) is 1. The number of hydrogen-bond donors (Lipinski definition) is 1. The summed E-state index contributed by atoms with van der Waals surface area (Å²) < 4.78 is 7.32. The molecule has 0 bridgehead atoms. The molecule has 2 aromatic heterocycles. The molecule has 2 aliphatic heterocycles. The summed E-state index contributed by atoms with van der Waals surface area (Å²) in [6.07, 6.45) is 7.63. The van der Waals surface area contributed by atoms with Gasteiger partial charge in [0, 0.05) is 62.5 Å². The zero-order chi connectivity index (χ0) is 30.2. The van der Waals surface area contributed by atoms with Crippen LogP contribution in [0.5, 0.6) is 0 Å². The highest BCUT2D eigenvalue weighted by atomic mass is 16.5. The number of ketones is 1. The lowest BCUT2D eigenvalue weighted by Crippen LogP contribution is -2.34. The van der Waals surface area contributed by atoms with Crippen LogP contribution in [0.15, 0.2) is 90.9 Å². The van der Waals surface area contributed by atoms with E-state index in [1.165, 1.54) is 17.4 Å². The first-order valence-electron chi connectivity index (χ1n) is 15.0. The van der Waals surface area contributed by atoms with Gasteiger partial charge in [-0.3, -0.25) is 19.2 Å². The van der Waals surface area contributed by atoms with Gasteiger partial charge in [0.25, 0.3) is 0 Å². The highest BCUT2D eigenvalue weighted by Crippen LogP contribution is 2.39. The molecule has 0 atom stereocenters. The number of anilines is 1. The molecule has 1 fully saturated rings. The molecule has 7 rings (SSSR count). The van der Waals surface area contributed by atoms with E-state index in [0.717, 1.165) is 65.8 Å². The van der Waals surface area contributed by atoms with Crippen LogP contribution in [0.25, 0.3) is 39.2 Å². The van der Waals surface area contributed by atoms with Gasteiger partial charge >= 0.3 is 0 Å². The predicted molar refractivity (Wildman–Crippen MR) is 172 cm³/mol. The van der Waals surface area contributed by atoms with Crippen LogP contribution < -0.4 is 10.2 Å². The van der Waals surface area contributed by atoms with Gasteiger partial charge in [-0.25, -0.2) is 4.98 Å². The van der Waals surface area contributed by atoms with Crippen LogP contribution in [0.3, 0.4) is 0 Å². The molecule has 220 valence electrons. The van der Waals surface area contributed by atoms with Gasteiger partial charge in [-0.2, -0.15) is 5.10 Å². The van der Waals surface area contributed by atoms with Crippen LogP contribution in [0, 0.1) is 0 Å². The Morgan fingerprint density at radius 3 is 2.48 bits per heavy atom. The Morgan fingerprint density at radius 1 is 0.977 bits per heavy atom. The number of aromatic nitrogens is 3. The largest absolute Gasteiger partial charge is 0.381 e. The Hall–Kier alpha value is -4.92. The highest BCUT2D eigenvalue weighted by molar-refractivity contribution is 6.26. The summed E-state index contributed by atoms with van der Waals surface area (Å²) >= 11 is 0. The van der Waals surface area contributed by atoms with Gasteiger partial charge in [0.15, 0.2) is 0 Å². The molecule has 1 amide bonds. The molecule has 0 aliphatic carbocycles. The van der Waals surface area contributed by atoms with Crippen LogP contribution in [0.2, 0.25) is 0 Å². The molecule has 5 aromatic rings. The lowest BCUT2D eigenvalue weighted by molar-refractivity contribution is -0.116. The van der Waals surface area contributed by atoms with E-state index in [-0.39, 0.29) is 11.7 Å². The number of rotatable bonds is 6. The molecular formula is C36H33N5O3. The van der Waals surface area contributed by atoms with E-state index >= 15 is 0 Å². The second-order valence-corrected chi connectivity index (χ2v) is 11.4. The molecule has 0 saturated carbocycles. The van der Waals surface area contributed by atoms with E-state index in [1.54, 1.807) is 22.9 Å². The van der Waals surface area contributed by atoms with Crippen molar-refractivity contribution in [2.45, 2.75) is 32.4 Å². The summed E-state index contributed by atoms with van der Waals surface area (Å²) in [6, 6.07) is 24.3. The first-order chi connectivity index (χ1) is 21.5. The highest BCUT2D eigenvalue weighted by Gasteiger charge is 2.34. The number of amides is 1. The summed E-state index contributed by atoms with van der Waals surface area (Å²) in [4.78, 5) is 32.8. The maximum atomic E-state index is 13.5. The topological polar surface area (TPSA) is 89.3 Å². The van der Waals surface area contributed by atoms with Gasteiger partial charge in [0.1, 0.15) is 0 Å². The standard InChI is InChI=1S/C36H33N5O3/c1-23(42)41-34-10-6-5-9-30(34)36(43)35(41)19-27-18-31(29-8-4-3-7-28(29)25-21-38-40(2)22-25)32-17-24(11-12-33(32)39-27)20-37-26-13-15-44-16-14-26/h3-12,17-19,21-22,26,37H,13-16,20H2,1-2H3/b35-19+. The van der Waals surface area contributed by atoms with Crippen LogP contribution in [-0.2, 0) is 23.1 Å². The van der Waals surface area contributed by atoms with Crippen LogP contribution >= 0.6 is 0 Å². The lowest BCUT2D eigenvalue weighted by atomic mass is 9.92. The minimum atomic E-state index is -0.223. The van der Waals surface area contributed by atoms with E-state index in [2.05, 4.69) is 34.7 Å². The van der Waals surface area contributed by atoms with Gasteiger partial charge in [-0.15, -0.1) is 0 Å². The van der Waals surface area contributed by atoms with Crippen molar-refractivity contribution in [2.75, 3.05) is 18.1 Å². The average Bonchev–Trinajstić information content (AvgIpc) is 3.60. The fourth-order valence-electron chi connectivity index (χ4n) is 6.23. The number of aryl methyl sites for hydroxylation is 1. The third-order valence-corrected chi connectivity index (χ3v) is 8.40. The number of carbonyl (C=O) groups excluding carboxylic acids is 2. The van der Waals surface area contributed by atoms with Crippen molar-refractivity contribution >= 4 is 34.4 Å². The summed E-state index contributed by atoms with van der Waals surface area (Å²) in [5.74, 6) is -0.413. The number of ether oxygens (including phenoxy) is 1. The molecule has 4 heterocycles. The SMILES string of the molecule is CC(=O)N1/C(=C/c2cc(-c3ccccc3-c3cnn(C)c3)c3cc(CNC4CCOCC4)ccc3n2)C(=O)c2ccccc21. The molecule has 44 heavy (non-hydrogen) atoms. The number of benzene rings is 3. The molecular weight excluding hydrogens is 550 g/mol. The number of para-hydroxylation sites is 1. The summed E-state index contributed by atoms with van der Waals surface area (Å²) in [7, 11) is 1.91. The Balaban J connectivity index is 1.37. The van der Waals surface area contributed by atoms with E-state index in [1.807, 2.05) is 55.8 Å². The van der Waals surface area contributed by atoms with Crippen LogP contribution in [0.1, 0.15) is 41.4 Å². The van der Waals surface area contributed by atoms with E-state index in [0.29, 0.717) is 28.7 Å². The fourth-order valence-corrected chi connectivity index (χ4v) is 6.23. The quantitative estimate of drug-likeness (QED) is 0.241. The third-order valence-electron chi connectivity index (χ3n) is 8.40. The zero-order valence-corrected chi connectivity index (χ0v) is 24.8. The number of Topliss-reactive ketones (excluding diaryl/α,β-unsaturated/α-hetero) is 1. The Kier molecular flexibility index (Phi) is 7.37. The first-order valence-corrected chi connectivity index (χ1v) is 15.0. The summed E-state index contributed by atoms with van der Waals surface area (Å²) in [6.45, 7) is 3.81. The Bertz CT molecular complexity index is 1940. The monoisotopic (exact) mass is 583 g/mol. The molecule has 0 radical (unpaired) electrons. The smallest absolute Gasteiger partial charge is 0.228 e. The number of allylic oxidation sites excluding steroid dienone is 1. The normalized spacial score (nSPS) is 16.2. The Labute approximate surface area is 256 Å². The second-order valence-electron chi connectivity index (χ2n) is 11.4. The maximum Gasteiger partial charge on any atom is 0.228 e. The minimum absolute atomic E-state index is 0.190. The van der Waals surface area contributed by atoms with Crippen molar-refractivity contribution in [1.29, 1.82) is 0 Å². The molecule has 8 heteroatoms. The lowest BCUT2D eigenvalue weighted by Gasteiger charge is -2.23. The van der Waals surface area contributed by atoms with E-state index < -0.39 is 0 Å². The van der Waals surface area contributed by atoms with Crippen molar-refractivity contribution < 1.29 is 14.3 Å². The number of nitrogens with zero attached hydrogens (tertiary/aromatic N) is 4. The fraction of sp³-hybridized carbons (Fsp3) is 0.222. The first kappa shape index (κ1) is 27.9. The second kappa shape index (κ2) is 11.6. The van der Waals surface area contributed by atoms with E-state index in [9.17, 15) is 9.59 Å². The van der Waals surface area contributed by atoms with Crippen LogP contribution in [-0.4, -0.2) is 45.7 Å². The molecule has 0 spiro atoms. The third kappa shape index (κ3) is 5.23. The van der Waals surface area contributed by atoms with Gasteiger partial charge < -0.3 is 10.1 Å². The molecule has 3 aromatic carbocycles. The van der Waals surface area contributed by atoms with E-state index in [4.69, 9.17) is 9.72 Å². The number of fused-ring (bicyclic) bond motifs is 2. The summed E-state index contributed by atoms with van der Waals surface area (Å²) in [5.41, 5.74) is 8.07. The minimum Gasteiger partial charge on any atom is -0.381 e. The van der Waals surface area contributed by atoms with Crippen molar-refractivity contribution in [3.8, 4) is 22.3 Å². The van der Waals surface area contributed by atoms with Crippen molar-refractivity contribution in [3.05, 3.63) is 108 Å². The number of hydrogen-bond acceptors (Lipinski definition) is 6. The van der Waals surface area contributed by atoms with Gasteiger partial charge in [0.05, 0.1) is 28.8 Å². The van der Waals surface area contributed by atoms with Crippen molar-refractivity contribution in [3.63, 3.8) is 0 Å². The van der Waals surface area contributed by atoms with Gasteiger partial charge in [0.2, 0.25) is 11.7 Å². The average molecular weight is 584 g/mol. The molecule has 1 saturated heterocycles.